The first-order chi connectivity index (χ1) is 15.1. The minimum absolute atomic E-state index is 0.0160. The van der Waals surface area contributed by atoms with Crippen molar-refractivity contribution in [3.63, 3.8) is 0 Å². The van der Waals surface area contributed by atoms with Gasteiger partial charge in [-0.2, -0.15) is 4.98 Å². The lowest BCUT2D eigenvalue weighted by molar-refractivity contribution is -0.124. The molecule has 5 rings (SSSR count). The number of likely N-dealkylation sites (tertiary alicyclic amines) is 1. The van der Waals surface area contributed by atoms with Gasteiger partial charge in [0.05, 0.1) is 12.5 Å². The van der Waals surface area contributed by atoms with E-state index in [4.69, 9.17) is 16.1 Å². The fraction of sp³-hybridized carbons (Fsp3) is 0.375. The van der Waals surface area contributed by atoms with E-state index in [2.05, 4.69) is 34.1 Å². The fourth-order valence-corrected chi connectivity index (χ4v) is 4.94. The van der Waals surface area contributed by atoms with Crippen LogP contribution in [0.5, 0.6) is 0 Å². The number of fused-ring (bicyclic) bond motifs is 1. The standard InChI is InChI=1S/C24H25ClN4O2/c1-16-12-17-6-2-3-10-21(17)29(16)24(30)19-8-5-11-28(14-19)15-22-26-23(27-31-22)18-7-4-9-20(25)13-18/h2-4,6-7,9-10,13,16,19H,5,8,11-12,14-15H2,1H3. The topological polar surface area (TPSA) is 62.5 Å². The highest BCUT2D eigenvalue weighted by Gasteiger charge is 2.36. The van der Waals surface area contributed by atoms with E-state index in [-0.39, 0.29) is 17.9 Å². The van der Waals surface area contributed by atoms with Crippen LogP contribution in [0.3, 0.4) is 0 Å². The number of para-hydroxylation sites is 1. The minimum Gasteiger partial charge on any atom is -0.338 e. The van der Waals surface area contributed by atoms with Crippen LogP contribution in [0.25, 0.3) is 11.4 Å². The van der Waals surface area contributed by atoms with Crippen LogP contribution in [-0.2, 0) is 17.8 Å². The van der Waals surface area contributed by atoms with Crippen molar-refractivity contribution in [3.8, 4) is 11.4 Å². The third kappa shape index (κ3) is 4.10. The van der Waals surface area contributed by atoms with Crippen LogP contribution in [0, 0.1) is 5.92 Å². The lowest BCUT2D eigenvalue weighted by Crippen LogP contribution is -2.46. The number of nitrogens with zero attached hydrogens (tertiary/aromatic N) is 4. The van der Waals surface area contributed by atoms with Gasteiger partial charge in [-0.25, -0.2) is 0 Å². The van der Waals surface area contributed by atoms with Crippen molar-refractivity contribution >= 4 is 23.2 Å². The summed E-state index contributed by atoms with van der Waals surface area (Å²) in [6.45, 7) is 4.31. The van der Waals surface area contributed by atoms with Gasteiger partial charge in [-0.3, -0.25) is 9.69 Å². The number of halogens is 1. The van der Waals surface area contributed by atoms with Gasteiger partial charge in [-0.15, -0.1) is 0 Å². The molecule has 7 heteroatoms. The van der Waals surface area contributed by atoms with Crippen LogP contribution in [0.1, 0.15) is 31.2 Å². The molecule has 3 heterocycles. The summed E-state index contributed by atoms with van der Waals surface area (Å²) in [5, 5.41) is 4.74. The van der Waals surface area contributed by atoms with E-state index in [0.717, 1.165) is 37.1 Å². The van der Waals surface area contributed by atoms with E-state index in [1.54, 1.807) is 0 Å². The summed E-state index contributed by atoms with van der Waals surface area (Å²) < 4.78 is 5.48. The molecule has 0 spiro atoms. The Bertz CT molecular complexity index is 1100. The maximum Gasteiger partial charge on any atom is 0.241 e. The molecule has 0 radical (unpaired) electrons. The number of rotatable bonds is 4. The fourth-order valence-electron chi connectivity index (χ4n) is 4.75. The number of carbonyl (C=O) groups excluding carboxylic acids is 1. The second kappa shape index (κ2) is 8.44. The normalized spacial score (nSPS) is 21.3. The molecule has 1 aromatic heterocycles. The van der Waals surface area contributed by atoms with Crippen molar-refractivity contribution in [2.45, 2.75) is 38.8 Å². The summed E-state index contributed by atoms with van der Waals surface area (Å²) >= 11 is 6.07. The quantitative estimate of drug-likeness (QED) is 0.599. The Kier molecular flexibility index (Phi) is 5.50. The minimum atomic E-state index is -0.0160. The second-order valence-electron chi connectivity index (χ2n) is 8.49. The molecule has 3 aromatic rings. The molecular weight excluding hydrogens is 412 g/mol. The van der Waals surface area contributed by atoms with Gasteiger partial charge in [-0.1, -0.05) is 47.1 Å². The molecule has 2 unspecified atom stereocenters. The number of hydrogen-bond acceptors (Lipinski definition) is 5. The van der Waals surface area contributed by atoms with Crippen molar-refractivity contribution in [2.75, 3.05) is 18.0 Å². The second-order valence-corrected chi connectivity index (χ2v) is 8.92. The molecule has 2 atom stereocenters. The largest absolute Gasteiger partial charge is 0.338 e. The molecule has 2 aliphatic rings. The highest BCUT2D eigenvalue weighted by atomic mass is 35.5. The Hall–Kier alpha value is -2.70. The van der Waals surface area contributed by atoms with Crippen LogP contribution in [0.4, 0.5) is 5.69 Å². The number of amides is 1. The van der Waals surface area contributed by atoms with Crippen LogP contribution in [-0.4, -0.2) is 40.1 Å². The predicted molar refractivity (Wildman–Crippen MR) is 120 cm³/mol. The molecule has 1 saturated heterocycles. The maximum atomic E-state index is 13.4. The van der Waals surface area contributed by atoms with Gasteiger partial charge in [0.25, 0.3) is 0 Å². The summed E-state index contributed by atoms with van der Waals surface area (Å²) in [5.74, 6) is 1.30. The lowest BCUT2D eigenvalue weighted by atomic mass is 9.96. The summed E-state index contributed by atoms with van der Waals surface area (Å²) in [6.07, 6.45) is 2.82. The van der Waals surface area contributed by atoms with Crippen molar-refractivity contribution in [3.05, 3.63) is 65.0 Å². The van der Waals surface area contributed by atoms with Gasteiger partial charge in [0.15, 0.2) is 0 Å². The molecule has 0 saturated carbocycles. The SMILES string of the molecule is CC1Cc2ccccc2N1C(=O)C1CCCN(Cc2nc(-c3cccc(Cl)c3)no2)C1. The third-order valence-electron chi connectivity index (χ3n) is 6.21. The molecule has 1 amide bonds. The summed E-state index contributed by atoms with van der Waals surface area (Å²) in [5.41, 5.74) is 3.16. The summed E-state index contributed by atoms with van der Waals surface area (Å²) in [6, 6.07) is 15.9. The molecule has 2 aliphatic heterocycles. The average Bonchev–Trinajstić information content (AvgIpc) is 3.37. The van der Waals surface area contributed by atoms with Crippen LogP contribution < -0.4 is 4.90 Å². The van der Waals surface area contributed by atoms with Gasteiger partial charge in [0, 0.05) is 28.9 Å². The van der Waals surface area contributed by atoms with E-state index >= 15 is 0 Å². The highest BCUT2D eigenvalue weighted by Crippen LogP contribution is 2.34. The molecular formula is C24H25ClN4O2. The average molecular weight is 437 g/mol. The number of carbonyl (C=O) groups is 1. The molecule has 6 nitrogen and oxygen atoms in total. The maximum absolute atomic E-state index is 13.4. The van der Waals surface area contributed by atoms with E-state index in [0.29, 0.717) is 29.8 Å². The Morgan fingerprint density at radius 2 is 2.10 bits per heavy atom. The van der Waals surface area contributed by atoms with Gasteiger partial charge in [0.1, 0.15) is 0 Å². The van der Waals surface area contributed by atoms with Gasteiger partial charge in [-0.05, 0) is 56.5 Å². The van der Waals surface area contributed by atoms with E-state index in [1.165, 1.54) is 5.56 Å². The number of piperidine rings is 1. The highest BCUT2D eigenvalue weighted by molar-refractivity contribution is 6.30. The van der Waals surface area contributed by atoms with Gasteiger partial charge >= 0.3 is 0 Å². The molecule has 2 aromatic carbocycles. The smallest absolute Gasteiger partial charge is 0.241 e. The summed E-state index contributed by atoms with van der Waals surface area (Å²) in [4.78, 5) is 22.2. The van der Waals surface area contributed by atoms with Gasteiger partial charge < -0.3 is 9.42 Å². The van der Waals surface area contributed by atoms with Crippen molar-refractivity contribution in [1.82, 2.24) is 15.0 Å². The molecule has 0 N–H and O–H groups in total. The Balaban J connectivity index is 1.27. The Morgan fingerprint density at radius 3 is 2.97 bits per heavy atom. The van der Waals surface area contributed by atoms with Crippen LogP contribution in [0.2, 0.25) is 5.02 Å². The van der Waals surface area contributed by atoms with E-state index in [9.17, 15) is 4.79 Å². The number of benzene rings is 2. The Morgan fingerprint density at radius 1 is 1.23 bits per heavy atom. The Labute approximate surface area is 186 Å². The number of hydrogen-bond donors (Lipinski definition) is 0. The van der Waals surface area contributed by atoms with Crippen molar-refractivity contribution in [2.24, 2.45) is 5.92 Å². The molecule has 160 valence electrons. The van der Waals surface area contributed by atoms with Crippen molar-refractivity contribution in [1.29, 1.82) is 0 Å². The first-order valence-corrected chi connectivity index (χ1v) is 11.2. The molecule has 0 bridgehead atoms. The first-order valence-electron chi connectivity index (χ1n) is 10.8. The zero-order chi connectivity index (χ0) is 21.4. The zero-order valence-corrected chi connectivity index (χ0v) is 18.3. The molecule has 0 aliphatic carbocycles. The number of aromatic nitrogens is 2. The predicted octanol–water partition coefficient (Wildman–Crippen LogP) is 4.58. The molecule has 1 fully saturated rings. The van der Waals surface area contributed by atoms with Crippen LogP contribution >= 0.6 is 11.6 Å². The number of anilines is 1. The van der Waals surface area contributed by atoms with E-state index in [1.807, 2.05) is 41.3 Å². The van der Waals surface area contributed by atoms with Crippen molar-refractivity contribution < 1.29 is 9.32 Å². The third-order valence-corrected chi connectivity index (χ3v) is 6.44. The first kappa shape index (κ1) is 20.2. The summed E-state index contributed by atoms with van der Waals surface area (Å²) in [7, 11) is 0. The zero-order valence-electron chi connectivity index (χ0n) is 17.5. The monoisotopic (exact) mass is 436 g/mol. The van der Waals surface area contributed by atoms with E-state index < -0.39 is 0 Å². The van der Waals surface area contributed by atoms with Crippen LogP contribution in [0.15, 0.2) is 53.1 Å². The molecule has 31 heavy (non-hydrogen) atoms. The van der Waals surface area contributed by atoms with Gasteiger partial charge in [0.2, 0.25) is 17.6 Å². The lowest BCUT2D eigenvalue weighted by Gasteiger charge is -2.34.